The predicted octanol–water partition coefficient (Wildman–Crippen LogP) is 3.27. The van der Waals surface area contributed by atoms with E-state index in [9.17, 15) is 9.59 Å². The first-order valence-corrected chi connectivity index (χ1v) is 10.9. The molecule has 2 aromatic carbocycles. The third kappa shape index (κ3) is 4.31. The Labute approximate surface area is 187 Å². The molecule has 31 heavy (non-hydrogen) atoms. The number of hydrogen-bond donors (Lipinski definition) is 0. The van der Waals surface area contributed by atoms with Crippen molar-refractivity contribution >= 4 is 29.0 Å². The fraction of sp³-hybridized carbons (Fsp3) is 0.333. The summed E-state index contributed by atoms with van der Waals surface area (Å²) >= 11 is 5.99. The van der Waals surface area contributed by atoms with E-state index in [1.165, 1.54) is 4.90 Å². The second kappa shape index (κ2) is 9.12. The molecular formula is C24H26ClN3O3. The van der Waals surface area contributed by atoms with Gasteiger partial charge in [0.05, 0.1) is 19.2 Å². The molecule has 0 atom stereocenters. The van der Waals surface area contributed by atoms with Crippen LogP contribution in [0, 0.1) is 0 Å². The highest BCUT2D eigenvalue weighted by molar-refractivity contribution is 6.35. The number of ether oxygens (including phenoxy) is 1. The summed E-state index contributed by atoms with van der Waals surface area (Å²) in [6, 6.07) is 14.5. The van der Waals surface area contributed by atoms with Crippen LogP contribution < -0.4 is 4.74 Å². The molecule has 0 unspecified atom stereocenters. The van der Waals surface area contributed by atoms with Crippen molar-refractivity contribution in [2.75, 3.05) is 39.8 Å². The van der Waals surface area contributed by atoms with Crippen molar-refractivity contribution in [3.63, 3.8) is 0 Å². The second-order valence-corrected chi connectivity index (χ2v) is 8.13. The number of likely N-dealkylation sites (N-methyl/N-ethyl adjacent to an activating group) is 1. The summed E-state index contributed by atoms with van der Waals surface area (Å²) in [5, 5.41) is 0.620. The molecule has 0 spiro atoms. The van der Waals surface area contributed by atoms with Gasteiger partial charge in [-0.15, -0.1) is 0 Å². The Morgan fingerprint density at radius 2 is 1.55 bits per heavy atom. The van der Waals surface area contributed by atoms with Gasteiger partial charge >= 0.3 is 0 Å². The molecular weight excluding hydrogens is 414 g/mol. The lowest BCUT2D eigenvalue weighted by molar-refractivity contribution is -0.138. The maximum absolute atomic E-state index is 13.5. The van der Waals surface area contributed by atoms with Gasteiger partial charge in [-0.25, -0.2) is 0 Å². The molecule has 0 saturated carbocycles. The molecule has 2 amide bonds. The monoisotopic (exact) mass is 439 g/mol. The molecule has 2 aliphatic heterocycles. The molecule has 2 aliphatic rings. The van der Waals surface area contributed by atoms with E-state index in [1.807, 2.05) is 36.4 Å². The number of amides is 2. The van der Waals surface area contributed by atoms with Crippen molar-refractivity contribution in [1.29, 1.82) is 0 Å². The molecule has 0 bridgehead atoms. The largest absolute Gasteiger partial charge is 0.497 e. The smallest absolute Gasteiger partial charge is 0.278 e. The zero-order valence-electron chi connectivity index (χ0n) is 17.8. The van der Waals surface area contributed by atoms with Crippen LogP contribution in [0.25, 0.3) is 5.57 Å². The van der Waals surface area contributed by atoms with E-state index in [1.54, 1.807) is 19.2 Å². The number of imide groups is 1. The van der Waals surface area contributed by atoms with Crippen molar-refractivity contribution in [1.82, 2.24) is 14.7 Å². The minimum atomic E-state index is -0.266. The summed E-state index contributed by atoms with van der Waals surface area (Å²) in [7, 11) is 1.60. The van der Waals surface area contributed by atoms with Gasteiger partial charge in [-0.3, -0.25) is 14.5 Å². The number of nitrogens with zero attached hydrogens (tertiary/aromatic N) is 3. The highest BCUT2D eigenvalue weighted by atomic mass is 35.5. The Kier molecular flexibility index (Phi) is 6.30. The number of halogens is 1. The van der Waals surface area contributed by atoms with Crippen LogP contribution >= 0.6 is 11.6 Å². The SMILES string of the molecule is CCN1CCN(C2=C(c3ccc(OC)cc3)C(=O)N(Cc3ccc(Cl)cc3)C2=O)CC1. The van der Waals surface area contributed by atoms with E-state index in [0.717, 1.165) is 43.9 Å². The number of methoxy groups -OCH3 is 1. The van der Waals surface area contributed by atoms with Gasteiger partial charge in [0.1, 0.15) is 11.4 Å². The molecule has 4 rings (SSSR count). The van der Waals surface area contributed by atoms with Gasteiger partial charge in [0.25, 0.3) is 11.8 Å². The molecule has 162 valence electrons. The van der Waals surface area contributed by atoms with Gasteiger partial charge < -0.3 is 14.5 Å². The van der Waals surface area contributed by atoms with Crippen molar-refractivity contribution in [2.45, 2.75) is 13.5 Å². The van der Waals surface area contributed by atoms with Gasteiger partial charge in [0.2, 0.25) is 0 Å². The lowest BCUT2D eigenvalue weighted by Gasteiger charge is -2.36. The zero-order chi connectivity index (χ0) is 22.0. The summed E-state index contributed by atoms with van der Waals surface area (Å²) in [6.07, 6.45) is 0. The highest BCUT2D eigenvalue weighted by Crippen LogP contribution is 2.34. The number of rotatable bonds is 6. The maximum atomic E-state index is 13.5. The quantitative estimate of drug-likeness (QED) is 0.646. The molecule has 1 fully saturated rings. The van der Waals surface area contributed by atoms with Gasteiger partial charge in [0, 0.05) is 31.2 Å². The van der Waals surface area contributed by atoms with Crippen LogP contribution in [-0.4, -0.2) is 66.3 Å². The van der Waals surface area contributed by atoms with Gasteiger partial charge in [-0.05, 0) is 41.9 Å². The first-order valence-electron chi connectivity index (χ1n) is 10.5. The number of piperazine rings is 1. The highest BCUT2D eigenvalue weighted by Gasteiger charge is 2.42. The first kappa shape index (κ1) is 21.4. The minimum absolute atomic E-state index is 0.215. The molecule has 0 N–H and O–H groups in total. The minimum Gasteiger partial charge on any atom is -0.497 e. The Morgan fingerprint density at radius 1 is 0.903 bits per heavy atom. The molecule has 0 aromatic heterocycles. The van der Waals surface area contributed by atoms with Crippen LogP contribution in [0.15, 0.2) is 54.2 Å². The summed E-state index contributed by atoms with van der Waals surface area (Å²) < 4.78 is 5.25. The Hall–Kier alpha value is -2.83. The summed E-state index contributed by atoms with van der Waals surface area (Å²) in [5.41, 5.74) is 2.55. The van der Waals surface area contributed by atoms with Gasteiger partial charge in [0.15, 0.2) is 0 Å². The van der Waals surface area contributed by atoms with E-state index in [-0.39, 0.29) is 18.4 Å². The number of hydrogen-bond acceptors (Lipinski definition) is 5. The van der Waals surface area contributed by atoms with Crippen LogP contribution in [0.4, 0.5) is 0 Å². The lowest BCUT2D eigenvalue weighted by atomic mass is 10.0. The average molecular weight is 440 g/mol. The lowest BCUT2D eigenvalue weighted by Crippen LogP contribution is -2.47. The van der Waals surface area contributed by atoms with E-state index >= 15 is 0 Å². The van der Waals surface area contributed by atoms with Crippen LogP contribution in [0.5, 0.6) is 5.75 Å². The van der Waals surface area contributed by atoms with Crippen molar-refractivity contribution in [3.8, 4) is 5.75 Å². The molecule has 2 aromatic rings. The van der Waals surface area contributed by atoms with E-state index < -0.39 is 0 Å². The van der Waals surface area contributed by atoms with Crippen LogP contribution in [-0.2, 0) is 16.1 Å². The molecule has 7 heteroatoms. The zero-order valence-corrected chi connectivity index (χ0v) is 18.6. The summed E-state index contributed by atoms with van der Waals surface area (Å²) in [6.45, 7) is 6.51. The average Bonchev–Trinajstić information content (AvgIpc) is 3.05. The van der Waals surface area contributed by atoms with Crippen molar-refractivity contribution in [2.24, 2.45) is 0 Å². The molecule has 2 heterocycles. The van der Waals surface area contributed by atoms with E-state index in [0.29, 0.717) is 22.0 Å². The van der Waals surface area contributed by atoms with Crippen molar-refractivity contribution < 1.29 is 14.3 Å². The normalized spacial score (nSPS) is 17.6. The molecule has 0 aliphatic carbocycles. The third-order valence-electron chi connectivity index (χ3n) is 5.91. The third-order valence-corrected chi connectivity index (χ3v) is 6.16. The van der Waals surface area contributed by atoms with Crippen molar-refractivity contribution in [3.05, 3.63) is 70.4 Å². The number of benzene rings is 2. The van der Waals surface area contributed by atoms with Gasteiger partial charge in [-0.1, -0.05) is 42.8 Å². The Bertz CT molecular complexity index is 994. The van der Waals surface area contributed by atoms with Crippen LogP contribution in [0.2, 0.25) is 5.02 Å². The number of carbonyl (C=O) groups is 2. The van der Waals surface area contributed by atoms with Crippen LogP contribution in [0.1, 0.15) is 18.1 Å². The molecule has 6 nitrogen and oxygen atoms in total. The molecule has 1 saturated heterocycles. The standard InChI is InChI=1S/C24H26ClN3O3/c1-3-26-12-14-27(15-13-26)22-21(18-6-10-20(31-2)11-7-18)23(29)28(24(22)30)16-17-4-8-19(25)9-5-17/h4-11H,3,12-16H2,1-2H3. The first-order chi connectivity index (χ1) is 15.0. The maximum Gasteiger partial charge on any atom is 0.278 e. The Balaban J connectivity index is 1.69. The summed E-state index contributed by atoms with van der Waals surface area (Å²) in [5.74, 6) is 0.200. The topological polar surface area (TPSA) is 53.1 Å². The second-order valence-electron chi connectivity index (χ2n) is 7.70. The summed E-state index contributed by atoms with van der Waals surface area (Å²) in [4.78, 5) is 32.7. The van der Waals surface area contributed by atoms with E-state index in [4.69, 9.17) is 16.3 Å². The fourth-order valence-corrected chi connectivity index (χ4v) is 4.20. The van der Waals surface area contributed by atoms with Crippen LogP contribution in [0.3, 0.4) is 0 Å². The number of carbonyl (C=O) groups excluding carboxylic acids is 2. The molecule has 0 radical (unpaired) electrons. The van der Waals surface area contributed by atoms with E-state index in [2.05, 4.69) is 16.7 Å². The Morgan fingerprint density at radius 3 is 2.13 bits per heavy atom. The fourth-order valence-electron chi connectivity index (χ4n) is 4.08. The predicted molar refractivity (Wildman–Crippen MR) is 121 cm³/mol. The van der Waals surface area contributed by atoms with Gasteiger partial charge in [-0.2, -0.15) is 0 Å².